The molecule has 3 heteroatoms. The van der Waals surface area contributed by atoms with E-state index in [1.807, 2.05) is 36.4 Å². The highest BCUT2D eigenvalue weighted by molar-refractivity contribution is 6.10. The number of aryl methyl sites for hydroxylation is 1. The third-order valence-corrected chi connectivity index (χ3v) is 5.28. The molecule has 4 aromatic rings. The van der Waals surface area contributed by atoms with Crippen molar-refractivity contribution in [2.45, 2.75) is 32.7 Å². The topological polar surface area (TPSA) is 34.0 Å². The number of benzene rings is 3. The maximum atomic E-state index is 12.9. The Kier molecular flexibility index (Phi) is 4.68. The molecule has 0 aliphatic carbocycles. The molecule has 0 bridgehead atoms. The van der Waals surface area contributed by atoms with Crippen LogP contribution in [0.15, 0.2) is 72.8 Å². The van der Waals surface area contributed by atoms with E-state index in [9.17, 15) is 4.79 Å². The first kappa shape index (κ1) is 17.3. The Balaban J connectivity index is 1.70. The third kappa shape index (κ3) is 3.10. The van der Waals surface area contributed by atoms with Crippen molar-refractivity contribution in [3.05, 3.63) is 78.4 Å². The number of nitrogens with zero attached hydrogens (tertiary/aromatic N) is 1. The number of aromatic nitrogens is 1. The molecule has 1 aromatic heterocycles. The lowest BCUT2D eigenvalue weighted by Crippen LogP contribution is -2.20. The summed E-state index contributed by atoms with van der Waals surface area (Å²) in [5.41, 5.74) is 4.34. The van der Waals surface area contributed by atoms with Crippen molar-refractivity contribution in [1.82, 2.24) is 4.57 Å². The molecular weight excluding hydrogens is 332 g/mol. The Bertz CT molecular complexity index is 1100. The minimum atomic E-state index is -0.140. The zero-order chi connectivity index (χ0) is 18.8. The van der Waals surface area contributed by atoms with Crippen LogP contribution in [0, 0.1) is 0 Å². The summed E-state index contributed by atoms with van der Waals surface area (Å²) in [4.78, 5) is 12.9. The molecule has 0 aliphatic heterocycles. The van der Waals surface area contributed by atoms with Crippen LogP contribution < -0.4 is 5.32 Å². The fraction of sp³-hybridized carbons (Fsp3) is 0.208. The number of carbonyl (C=O) groups excluding carboxylic acids is 1. The molecule has 0 aliphatic rings. The maximum Gasteiger partial charge on any atom is 0.231 e. The highest BCUT2D eigenvalue weighted by Gasteiger charge is 2.19. The van der Waals surface area contributed by atoms with E-state index in [4.69, 9.17) is 0 Å². The van der Waals surface area contributed by atoms with Gasteiger partial charge in [0.25, 0.3) is 0 Å². The smallest absolute Gasteiger partial charge is 0.231 e. The number of anilines is 1. The van der Waals surface area contributed by atoms with Crippen LogP contribution in [0.1, 0.15) is 31.7 Å². The summed E-state index contributed by atoms with van der Waals surface area (Å²) in [6.45, 7) is 5.13. The molecule has 4 rings (SSSR count). The molecule has 0 fully saturated rings. The Morgan fingerprint density at radius 1 is 0.889 bits per heavy atom. The minimum Gasteiger partial charge on any atom is -0.341 e. The van der Waals surface area contributed by atoms with E-state index in [0.717, 1.165) is 24.2 Å². The first-order chi connectivity index (χ1) is 13.2. The average Bonchev–Trinajstić information content (AvgIpc) is 3.02. The molecule has 1 heterocycles. The van der Waals surface area contributed by atoms with Gasteiger partial charge in [0.15, 0.2) is 0 Å². The van der Waals surface area contributed by atoms with Crippen molar-refractivity contribution in [1.29, 1.82) is 0 Å². The van der Waals surface area contributed by atoms with Gasteiger partial charge in [0.1, 0.15) is 0 Å². The SMILES string of the molecule is CC[C@@H](C(=O)Nc1ccc2c(c1)c1ccccc1n2CC)c1ccccc1. The molecule has 3 nitrogen and oxygen atoms in total. The predicted octanol–water partition coefficient (Wildman–Crippen LogP) is 5.95. The lowest BCUT2D eigenvalue weighted by Gasteiger charge is -2.15. The lowest BCUT2D eigenvalue weighted by atomic mass is 9.95. The molecule has 27 heavy (non-hydrogen) atoms. The zero-order valence-corrected chi connectivity index (χ0v) is 15.8. The zero-order valence-electron chi connectivity index (χ0n) is 15.8. The molecule has 136 valence electrons. The predicted molar refractivity (Wildman–Crippen MR) is 113 cm³/mol. The number of amides is 1. The second-order valence-electron chi connectivity index (χ2n) is 6.85. The van der Waals surface area contributed by atoms with Crippen molar-refractivity contribution in [2.75, 3.05) is 5.32 Å². The summed E-state index contributed by atoms with van der Waals surface area (Å²) in [7, 11) is 0. The largest absolute Gasteiger partial charge is 0.341 e. The molecule has 1 amide bonds. The van der Waals surface area contributed by atoms with E-state index in [1.54, 1.807) is 0 Å². The van der Waals surface area contributed by atoms with E-state index >= 15 is 0 Å². The van der Waals surface area contributed by atoms with Gasteiger partial charge in [0.05, 0.1) is 5.92 Å². The van der Waals surface area contributed by atoms with Crippen LogP contribution >= 0.6 is 0 Å². The van der Waals surface area contributed by atoms with Gasteiger partial charge in [-0.15, -0.1) is 0 Å². The van der Waals surface area contributed by atoms with Crippen molar-refractivity contribution in [3.8, 4) is 0 Å². The van der Waals surface area contributed by atoms with E-state index in [0.29, 0.717) is 0 Å². The van der Waals surface area contributed by atoms with Crippen LogP contribution in [0.25, 0.3) is 21.8 Å². The van der Waals surface area contributed by atoms with Crippen LogP contribution in [-0.2, 0) is 11.3 Å². The molecule has 3 aromatic carbocycles. The van der Waals surface area contributed by atoms with Gasteiger partial charge in [-0.3, -0.25) is 4.79 Å². The Hall–Kier alpha value is -3.07. The Labute approximate surface area is 159 Å². The summed E-state index contributed by atoms with van der Waals surface area (Å²) >= 11 is 0. The summed E-state index contributed by atoms with van der Waals surface area (Å²) in [6, 6.07) is 24.6. The van der Waals surface area contributed by atoms with Crippen LogP contribution in [0.2, 0.25) is 0 Å². The average molecular weight is 356 g/mol. The minimum absolute atomic E-state index is 0.0438. The van der Waals surface area contributed by atoms with Crippen LogP contribution in [0.4, 0.5) is 5.69 Å². The van der Waals surface area contributed by atoms with Crippen molar-refractivity contribution < 1.29 is 4.79 Å². The molecule has 0 unspecified atom stereocenters. The van der Waals surface area contributed by atoms with E-state index in [-0.39, 0.29) is 11.8 Å². The van der Waals surface area contributed by atoms with Crippen LogP contribution in [0.3, 0.4) is 0 Å². The maximum absolute atomic E-state index is 12.9. The lowest BCUT2D eigenvalue weighted by molar-refractivity contribution is -0.117. The van der Waals surface area contributed by atoms with Crippen molar-refractivity contribution in [3.63, 3.8) is 0 Å². The summed E-state index contributed by atoms with van der Waals surface area (Å²) in [5.74, 6) is -0.0961. The number of hydrogen-bond donors (Lipinski definition) is 1. The molecule has 0 saturated carbocycles. The normalized spacial score (nSPS) is 12.4. The van der Waals surface area contributed by atoms with Crippen molar-refractivity contribution in [2.24, 2.45) is 0 Å². The van der Waals surface area contributed by atoms with E-state index < -0.39 is 0 Å². The molecule has 1 atom stereocenters. The number of carbonyl (C=O) groups is 1. The van der Waals surface area contributed by atoms with Crippen LogP contribution in [0.5, 0.6) is 0 Å². The second-order valence-corrected chi connectivity index (χ2v) is 6.85. The quantitative estimate of drug-likeness (QED) is 0.471. The van der Waals surface area contributed by atoms with Crippen LogP contribution in [-0.4, -0.2) is 10.5 Å². The standard InChI is InChI=1S/C24H24N2O/c1-3-19(17-10-6-5-7-11-17)24(27)25-18-14-15-23-21(16-18)20-12-8-9-13-22(20)26(23)4-2/h5-16,19H,3-4H2,1-2H3,(H,25,27)/t19-/m1/s1. The Morgan fingerprint density at radius 3 is 2.33 bits per heavy atom. The Morgan fingerprint density at radius 2 is 1.59 bits per heavy atom. The number of para-hydroxylation sites is 1. The fourth-order valence-corrected chi connectivity index (χ4v) is 3.96. The van der Waals surface area contributed by atoms with Gasteiger partial charge in [0, 0.05) is 34.0 Å². The number of hydrogen-bond acceptors (Lipinski definition) is 1. The third-order valence-electron chi connectivity index (χ3n) is 5.28. The molecule has 1 N–H and O–H groups in total. The van der Waals surface area contributed by atoms with Gasteiger partial charge in [-0.05, 0) is 43.2 Å². The molecular formula is C24H24N2O. The van der Waals surface area contributed by atoms with Gasteiger partial charge >= 0.3 is 0 Å². The first-order valence-corrected chi connectivity index (χ1v) is 9.59. The van der Waals surface area contributed by atoms with Gasteiger partial charge in [0.2, 0.25) is 5.91 Å². The monoisotopic (exact) mass is 356 g/mol. The van der Waals surface area contributed by atoms with E-state index in [1.165, 1.54) is 21.8 Å². The summed E-state index contributed by atoms with van der Waals surface area (Å²) < 4.78 is 2.31. The summed E-state index contributed by atoms with van der Waals surface area (Å²) in [5, 5.41) is 5.53. The molecule has 0 radical (unpaired) electrons. The highest BCUT2D eigenvalue weighted by Crippen LogP contribution is 2.31. The van der Waals surface area contributed by atoms with Gasteiger partial charge < -0.3 is 9.88 Å². The van der Waals surface area contributed by atoms with Gasteiger partial charge in [-0.2, -0.15) is 0 Å². The molecule has 0 saturated heterocycles. The van der Waals surface area contributed by atoms with E-state index in [2.05, 4.69) is 60.1 Å². The number of fused-ring (bicyclic) bond motifs is 3. The van der Waals surface area contributed by atoms with Crippen molar-refractivity contribution >= 4 is 33.4 Å². The number of rotatable bonds is 5. The van der Waals surface area contributed by atoms with Gasteiger partial charge in [-0.1, -0.05) is 55.5 Å². The first-order valence-electron chi connectivity index (χ1n) is 9.59. The molecule has 0 spiro atoms. The highest BCUT2D eigenvalue weighted by atomic mass is 16.1. The fourth-order valence-electron chi connectivity index (χ4n) is 3.96. The summed E-state index contributed by atoms with van der Waals surface area (Å²) in [6.07, 6.45) is 0.771. The second kappa shape index (κ2) is 7.28. The van der Waals surface area contributed by atoms with Gasteiger partial charge in [-0.25, -0.2) is 0 Å². The number of nitrogens with one attached hydrogen (secondary N) is 1.